The second kappa shape index (κ2) is 5.61. The zero-order chi connectivity index (χ0) is 17.6. The molecule has 3 aromatic rings. The van der Waals surface area contributed by atoms with Gasteiger partial charge in [-0.2, -0.15) is 5.26 Å². The SMILES string of the molecule is N#CC1=C(N)Oc2c(sc3ccccc23)[C@H]1c1cccc([N+](=O)[O-])c1. The smallest absolute Gasteiger partial charge is 0.269 e. The Hall–Kier alpha value is -3.37. The number of hydrogen-bond donors (Lipinski definition) is 1. The summed E-state index contributed by atoms with van der Waals surface area (Å²) in [6, 6.07) is 16.1. The third-order valence-electron chi connectivity index (χ3n) is 4.14. The minimum atomic E-state index is -0.481. The van der Waals surface area contributed by atoms with Crippen LogP contribution in [0.3, 0.4) is 0 Å². The third kappa shape index (κ3) is 2.31. The van der Waals surface area contributed by atoms with Gasteiger partial charge in [0, 0.05) is 22.2 Å². The molecule has 0 amide bonds. The Morgan fingerprint density at radius 2 is 2.04 bits per heavy atom. The summed E-state index contributed by atoms with van der Waals surface area (Å²) >= 11 is 1.50. The minimum absolute atomic E-state index is 0.0254. The highest BCUT2D eigenvalue weighted by Gasteiger charge is 2.34. The molecule has 0 bridgehead atoms. The van der Waals surface area contributed by atoms with Crippen LogP contribution in [0.25, 0.3) is 10.1 Å². The monoisotopic (exact) mass is 349 g/mol. The van der Waals surface area contributed by atoms with E-state index in [0.29, 0.717) is 11.3 Å². The van der Waals surface area contributed by atoms with Gasteiger partial charge in [0.25, 0.3) is 5.69 Å². The standard InChI is InChI=1S/C18H11N3O3S/c19-9-13-15(10-4-3-5-11(8-10)21(22)23)17-16(24-18(13)20)12-6-1-2-7-14(12)25-17/h1-8,15H,20H2/t15-/m0/s1. The van der Waals surface area contributed by atoms with Crippen molar-refractivity contribution in [2.45, 2.75) is 5.92 Å². The van der Waals surface area contributed by atoms with E-state index in [9.17, 15) is 15.4 Å². The van der Waals surface area contributed by atoms with Crippen molar-refractivity contribution in [1.82, 2.24) is 0 Å². The maximum Gasteiger partial charge on any atom is 0.269 e. The average molecular weight is 349 g/mol. The molecule has 0 spiro atoms. The number of nitriles is 1. The lowest BCUT2D eigenvalue weighted by Crippen LogP contribution is -2.19. The number of hydrogen-bond acceptors (Lipinski definition) is 6. The summed E-state index contributed by atoms with van der Waals surface area (Å²) in [5.74, 6) is 0.176. The highest BCUT2D eigenvalue weighted by Crippen LogP contribution is 2.50. The number of nitro benzene ring substituents is 1. The van der Waals surface area contributed by atoms with E-state index in [0.717, 1.165) is 15.0 Å². The van der Waals surface area contributed by atoms with Gasteiger partial charge in [0.05, 0.1) is 15.7 Å². The summed E-state index contributed by atoms with van der Waals surface area (Å²) < 4.78 is 6.74. The molecule has 0 saturated heterocycles. The van der Waals surface area contributed by atoms with Crippen LogP contribution in [0.5, 0.6) is 5.75 Å². The van der Waals surface area contributed by atoms with Crippen molar-refractivity contribution in [3.8, 4) is 11.8 Å². The summed E-state index contributed by atoms with van der Waals surface area (Å²) in [6.07, 6.45) is 0. The molecule has 0 aliphatic carbocycles. The van der Waals surface area contributed by atoms with Crippen molar-refractivity contribution in [1.29, 1.82) is 5.26 Å². The molecule has 25 heavy (non-hydrogen) atoms. The van der Waals surface area contributed by atoms with Gasteiger partial charge in [0.2, 0.25) is 5.88 Å². The van der Waals surface area contributed by atoms with Gasteiger partial charge in [-0.25, -0.2) is 0 Å². The lowest BCUT2D eigenvalue weighted by atomic mass is 9.88. The van der Waals surface area contributed by atoms with Gasteiger partial charge in [0.1, 0.15) is 11.6 Å². The first-order valence-corrected chi connectivity index (χ1v) is 8.25. The van der Waals surface area contributed by atoms with E-state index in [-0.39, 0.29) is 17.1 Å². The fraction of sp³-hybridized carbons (Fsp3) is 0.0556. The molecule has 4 rings (SSSR count). The number of non-ortho nitro benzene ring substituents is 1. The van der Waals surface area contributed by atoms with E-state index in [1.165, 1.54) is 23.5 Å². The Morgan fingerprint density at radius 3 is 2.80 bits per heavy atom. The number of allylic oxidation sites excluding steroid dienone is 1. The molecule has 122 valence electrons. The lowest BCUT2D eigenvalue weighted by molar-refractivity contribution is -0.384. The fourth-order valence-electron chi connectivity index (χ4n) is 3.03. The summed E-state index contributed by atoms with van der Waals surface area (Å²) in [5, 5.41) is 21.6. The fourth-order valence-corrected chi connectivity index (χ4v) is 4.30. The number of nitrogens with two attached hydrogens (primary N) is 1. The van der Waals surface area contributed by atoms with Crippen molar-refractivity contribution >= 4 is 27.1 Å². The van der Waals surface area contributed by atoms with Crippen molar-refractivity contribution in [2.24, 2.45) is 5.73 Å². The van der Waals surface area contributed by atoms with Crippen LogP contribution in [0.1, 0.15) is 16.4 Å². The number of nitro groups is 1. The molecule has 0 saturated carbocycles. The second-order valence-electron chi connectivity index (χ2n) is 5.57. The molecular weight excluding hydrogens is 338 g/mol. The Morgan fingerprint density at radius 1 is 1.24 bits per heavy atom. The van der Waals surface area contributed by atoms with Gasteiger partial charge < -0.3 is 10.5 Å². The van der Waals surface area contributed by atoms with Gasteiger partial charge in [0.15, 0.2) is 5.75 Å². The molecule has 0 radical (unpaired) electrons. The number of thiophene rings is 1. The van der Waals surface area contributed by atoms with Crippen molar-refractivity contribution in [3.05, 3.63) is 80.5 Å². The van der Waals surface area contributed by atoms with E-state index >= 15 is 0 Å². The molecular formula is C18H11N3O3S. The molecule has 1 aliphatic rings. The topological polar surface area (TPSA) is 102 Å². The van der Waals surface area contributed by atoms with Crippen LogP contribution >= 0.6 is 11.3 Å². The van der Waals surface area contributed by atoms with Crippen LogP contribution < -0.4 is 10.5 Å². The minimum Gasteiger partial charge on any atom is -0.439 e. The van der Waals surface area contributed by atoms with Crippen LogP contribution in [-0.4, -0.2) is 4.92 Å². The first-order valence-electron chi connectivity index (χ1n) is 7.43. The zero-order valence-electron chi connectivity index (χ0n) is 12.8. The summed E-state index contributed by atoms with van der Waals surface area (Å²) in [4.78, 5) is 11.5. The van der Waals surface area contributed by atoms with E-state index in [2.05, 4.69) is 6.07 Å². The normalized spacial score (nSPS) is 16.2. The Balaban J connectivity index is 1.99. The molecule has 6 nitrogen and oxygen atoms in total. The Labute approximate surface area is 146 Å². The van der Waals surface area contributed by atoms with Gasteiger partial charge in [-0.3, -0.25) is 10.1 Å². The first-order chi connectivity index (χ1) is 12.1. The number of benzene rings is 2. The van der Waals surface area contributed by atoms with Crippen molar-refractivity contribution in [2.75, 3.05) is 0 Å². The summed E-state index contributed by atoms with van der Waals surface area (Å²) in [5.41, 5.74) is 6.87. The number of ether oxygens (including phenoxy) is 1. The molecule has 2 heterocycles. The molecule has 1 atom stereocenters. The number of nitrogens with zero attached hydrogens (tertiary/aromatic N) is 2. The summed E-state index contributed by atoms with van der Waals surface area (Å²) in [7, 11) is 0. The van der Waals surface area contributed by atoms with Crippen LogP contribution in [0.2, 0.25) is 0 Å². The van der Waals surface area contributed by atoms with Crippen LogP contribution in [0.4, 0.5) is 5.69 Å². The zero-order valence-corrected chi connectivity index (χ0v) is 13.6. The Kier molecular flexibility index (Phi) is 3.41. The van der Waals surface area contributed by atoms with E-state index < -0.39 is 10.8 Å². The predicted octanol–water partition coefficient (Wildman–Crippen LogP) is 4.03. The maximum atomic E-state index is 11.1. The Bertz CT molecular complexity index is 1090. The van der Waals surface area contributed by atoms with Crippen LogP contribution in [-0.2, 0) is 0 Å². The van der Waals surface area contributed by atoms with Crippen molar-refractivity contribution < 1.29 is 9.66 Å². The van der Waals surface area contributed by atoms with Gasteiger partial charge in [-0.15, -0.1) is 11.3 Å². The predicted molar refractivity (Wildman–Crippen MR) is 94.2 cm³/mol. The number of fused-ring (bicyclic) bond motifs is 3. The van der Waals surface area contributed by atoms with Gasteiger partial charge >= 0.3 is 0 Å². The first kappa shape index (κ1) is 15.2. The lowest BCUT2D eigenvalue weighted by Gasteiger charge is -2.23. The van der Waals surface area contributed by atoms with Crippen LogP contribution in [0, 0.1) is 21.4 Å². The van der Waals surface area contributed by atoms with Gasteiger partial charge in [-0.1, -0.05) is 24.3 Å². The van der Waals surface area contributed by atoms with E-state index in [1.807, 2.05) is 24.3 Å². The molecule has 2 aromatic carbocycles. The molecule has 1 aromatic heterocycles. The highest BCUT2D eigenvalue weighted by molar-refractivity contribution is 7.19. The maximum absolute atomic E-state index is 11.1. The number of rotatable bonds is 2. The van der Waals surface area contributed by atoms with Crippen molar-refractivity contribution in [3.63, 3.8) is 0 Å². The van der Waals surface area contributed by atoms with Crippen LogP contribution in [0.15, 0.2) is 60.0 Å². The molecule has 0 fully saturated rings. The van der Waals surface area contributed by atoms with Gasteiger partial charge in [-0.05, 0) is 17.7 Å². The van der Waals surface area contributed by atoms with E-state index in [4.69, 9.17) is 10.5 Å². The molecule has 0 unspecified atom stereocenters. The molecule has 2 N–H and O–H groups in total. The quantitative estimate of drug-likeness (QED) is 0.556. The highest BCUT2D eigenvalue weighted by atomic mass is 32.1. The molecule has 1 aliphatic heterocycles. The van der Waals surface area contributed by atoms with E-state index in [1.54, 1.807) is 12.1 Å². The third-order valence-corrected chi connectivity index (χ3v) is 5.36. The second-order valence-corrected chi connectivity index (χ2v) is 6.65. The molecule has 7 heteroatoms. The average Bonchev–Trinajstić information content (AvgIpc) is 2.98. The largest absolute Gasteiger partial charge is 0.439 e. The summed E-state index contributed by atoms with van der Waals surface area (Å²) in [6.45, 7) is 0.